The largest absolute Gasteiger partial charge is 0.495 e. The molecule has 0 aromatic heterocycles. The summed E-state index contributed by atoms with van der Waals surface area (Å²) in [5.41, 5.74) is 0.959. The fourth-order valence-corrected chi connectivity index (χ4v) is 5.33. The van der Waals surface area contributed by atoms with Crippen molar-refractivity contribution < 1.29 is 22.6 Å². The minimum atomic E-state index is -3.63. The molecule has 0 radical (unpaired) electrons. The molecule has 2 aliphatic heterocycles. The van der Waals surface area contributed by atoms with E-state index in [4.69, 9.17) is 14.2 Å². The molecule has 0 saturated carbocycles. The van der Waals surface area contributed by atoms with Crippen LogP contribution in [0.25, 0.3) is 0 Å². The van der Waals surface area contributed by atoms with Crippen molar-refractivity contribution in [2.75, 3.05) is 27.4 Å². The predicted molar refractivity (Wildman–Crippen MR) is 85.2 cm³/mol. The molecule has 2 heterocycles. The first-order chi connectivity index (χ1) is 11.0. The number of aryl methyl sites for hydroxylation is 1. The van der Waals surface area contributed by atoms with Gasteiger partial charge in [0.2, 0.25) is 10.0 Å². The summed E-state index contributed by atoms with van der Waals surface area (Å²) in [7, 11) is -0.493. The van der Waals surface area contributed by atoms with Crippen LogP contribution < -0.4 is 4.74 Å². The first-order valence-corrected chi connectivity index (χ1v) is 9.24. The highest BCUT2D eigenvalue weighted by Gasteiger charge is 2.47. The van der Waals surface area contributed by atoms with Gasteiger partial charge in [-0.2, -0.15) is 4.31 Å². The van der Waals surface area contributed by atoms with E-state index in [0.717, 1.165) is 5.56 Å². The second-order valence-corrected chi connectivity index (χ2v) is 7.88. The van der Waals surface area contributed by atoms with Crippen LogP contribution in [0.1, 0.15) is 18.4 Å². The molecule has 2 aliphatic rings. The van der Waals surface area contributed by atoms with E-state index in [1.165, 1.54) is 7.11 Å². The molecule has 1 aromatic carbocycles. The Morgan fingerprint density at radius 2 is 2.04 bits per heavy atom. The van der Waals surface area contributed by atoms with Crippen LogP contribution in [-0.4, -0.2) is 58.3 Å². The zero-order valence-electron chi connectivity index (χ0n) is 13.7. The normalized spacial score (nSPS) is 28.6. The number of benzene rings is 1. The number of hydrogen-bond donors (Lipinski definition) is 0. The summed E-state index contributed by atoms with van der Waals surface area (Å²) >= 11 is 0. The van der Waals surface area contributed by atoms with Crippen molar-refractivity contribution in [2.24, 2.45) is 0 Å². The maximum Gasteiger partial charge on any atom is 0.247 e. The number of sulfonamides is 1. The predicted octanol–water partition coefficient (Wildman–Crippen LogP) is 1.57. The van der Waals surface area contributed by atoms with Gasteiger partial charge >= 0.3 is 0 Å². The molecule has 23 heavy (non-hydrogen) atoms. The standard InChI is InChI=1S/C16H23NO5S/c1-11-4-5-15(14(10-11)21-3)23(18,19)17-8-6-13(20-2)16-12(17)7-9-22-16/h4-5,10,12-13,16H,6-9H2,1-3H3/t12-,13+,16-/m0/s1. The van der Waals surface area contributed by atoms with Gasteiger partial charge in [-0.05, 0) is 37.5 Å². The molecule has 0 unspecified atom stereocenters. The molecule has 1 aromatic rings. The summed E-state index contributed by atoms with van der Waals surface area (Å²) in [6.07, 6.45) is 1.08. The lowest BCUT2D eigenvalue weighted by atomic mass is 9.98. The van der Waals surface area contributed by atoms with Crippen LogP contribution in [0.4, 0.5) is 0 Å². The van der Waals surface area contributed by atoms with Crippen molar-refractivity contribution in [3.8, 4) is 5.75 Å². The van der Waals surface area contributed by atoms with Gasteiger partial charge in [0.25, 0.3) is 0 Å². The third-order valence-electron chi connectivity index (χ3n) is 4.68. The Balaban J connectivity index is 1.97. The number of rotatable bonds is 4. The minimum absolute atomic E-state index is 0.0473. The Kier molecular flexibility index (Phi) is 4.64. The lowest BCUT2D eigenvalue weighted by molar-refractivity contribution is -0.0668. The monoisotopic (exact) mass is 341 g/mol. The summed E-state index contributed by atoms with van der Waals surface area (Å²) in [6.45, 7) is 2.90. The molecule has 0 N–H and O–H groups in total. The Morgan fingerprint density at radius 1 is 1.26 bits per heavy atom. The molecular weight excluding hydrogens is 318 g/mol. The Hall–Kier alpha value is -1.15. The average Bonchev–Trinajstić information content (AvgIpc) is 3.02. The van der Waals surface area contributed by atoms with E-state index in [1.807, 2.05) is 6.92 Å². The molecule has 128 valence electrons. The molecule has 6 nitrogen and oxygen atoms in total. The minimum Gasteiger partial charge on any atom is -0.495 e. The Bertz CT molecular complexity index is 675. The van der Waals surface area contributed by atoms with Gasteiger partial charge in [0.05, 0.1) is 19.3 Å². The van der Waals surface area contributed by atoms with Crippen molar-refractivity contribution in [1.82, 2.24) is 4.31 Å². The maximum absolute atomic E-state index is 13.2. The van der Waals surface area contributed by atoms with Crippen LogP contribution in [0.3, 0.4) is 0 Å². The third-order valence-corrected chi connectivity index (χ3v) is 6.65. The molecule has 0 aliphatic carbocycles. The van der Waals surface area contributed by atoms with E-state index >= 15 is 0 Å². The number of hydrogen-bond acceptors (Lipinski definition) is 5. The lowest BCUT2D eigenvalue weighted by Gasteiger charge is -2.39. The van der Waals surface area contributed by atoms with Crippen molar-refractivity contribution in [1.29, 1.82) is 0 Å². The number of fused-ring (bicyclic) bond motifs is 1. The van der Waals surface area contributed by atoms with E-state index in [-0.39, 0.29) is 23.1 Å². The highest BCUT2D eigenvalue weighted by molar-refractivity contribution is 7.89. The molecule has 2 saturated heterocycles. The molecule has 3 atom stereocenters. The van der Waals surface area contributed by atoms with E-state index in [0.29, 0.717) is 31.7 Å². The zero-order valence-corrected chi connectivity index (χ0v) is 14.5. The van der Waals surface area contributed by atoms with Crippen molar-refractivity contribution in [3.05, 3.63) is 23.8 Å². The summed E-state index contributed by atoms with van der Waals surface area (Å²) in [5, 5.41) is 0. The van der Waals surface area contributed by atoms with Gasteiger partial charge in [0, 0.05) is 20.3 Å². The van der Waals surface area contributed by atoms with Gasteiger partial charge in [-0.25, -0.2) is 8.42 Å². The zero-order chi connectivity index (χ0) is 16.6. The smallest absolute Gasteiger partial charge is 0.247 e. The highest BCUT2D eigenvalue weighted by atomic mass is 32.2. The van der Waals surface area contributed by atoms with Gasteiger partial charge in [-0.1, -0.05) is 6.07 Å². The molecular formula is C16H23NO5S. The van der Waals surface area contributed by atoms with Crippen molar-refractivity contribution in [2.45, 2.75) is 42.9 Å². The number of nitrogens with zero attached hydrogens (tertiary/aromatic N) is 1. The molecule has 2 fully saturated rings. The van der Waals surface area contributed by atoms with E-state index in [1.54, 1.807) is 29.6 Å². The van der Waals surface area contributed by atoms with Gasteiger partial charge < -0.3 is 14.2 Å². The summed E-state index contributed by atoms with van der Waals surface area (Å²) in [6, 6.07) is 4.98. The van der Waals surface area contributed by atoms with Crippen molar-refractivity contribution in [3.63, 3.8) is 0 Å². The first-order valence-electron chi connectivity index (χ1n) is 7.80. The highest BCUT2D eigenvalue weighted by Crippen LogP contribution is 2.36. The van der Waals surface area contributed by atoms with Gasteiger partial charge in [-0.15, -0.1) is 0 Å². The van der Waals surface area contributed by atoms with Crippen LogP contribution in [0, 0.1) is 6.92 Å². The van der Waals surface area contributed by atoms with Gasteiger partial charge in [0.15, 0.2) is 0 Å². The second-order valence-electron chi connectivity index (χ2n) is 6.02. The topological polar surface area (TPSA) is 65.1 Å². The molecule has 0 bridgehead atoms. The SMILES string of the molecule is COc1cc(C)ccc1S(=O)(=O)N1CC[C@@H](OC)[C@H]2OCC[C@@H]21. The van der Waals surface area contributed by atoms with Crippen LogP contribution >= 0.6 is 0 Å². The lowest BCUT2D eigenvalue weighted by Crippen LogP contribution is -2.54. The quantitative estimate of drug-likeness (QED) is 0.832. The Morgan fingerprint density at radius 3 is 2.74 bits per heavy atom. The van der Waals surface area contributed by atoms with Crippen LogP contribution in [-0.2, 0) is 19.5 Å². The van der Waals surface area contributed by atoms with E-state index in [2.05, 4.69) is 0 Å². The Labute approximate surface area is 137 Å². The average molecular weight is 341 g/mol. The molecule has 0 amide bonds. The summed E-state index contributed by atoms with van der Waals surface area (Å²) < 4.78 is 44.4. The molecule has 3 rings (SSSR count). The fourth-order valence-electron chi connectivity index (χ4n) is 3.51. The summed E-state index contributed by atoms with van der Waals surface area (Å²) in [4.78, 5) is 0.215. The van der Waals surface area contributed by atoms with E-state index < -0.39 is 10.0 Å². The van der Waals surface area contributed by atoms with Gasteiger partial charge in [-0.3, -0.25) is 0 Å². The number of ether oxygens (including phenoxy) is 3. The number of piperidine rings is 1. The molecule has 0 spiro atoms. The maximum atomic E-state index is 13.2. The second kappa shape index (κ2) is 6.39. The number of methoxy groups -OCH3 is 2. The van der Waals surface area contributed by atoms with Crippen molar-refractivity contribution >= 4 is 10.0 Å². The van der Waals surface area contributed by atoms with E-state index in [9.17, 15) is 8.42 Å². The van der Waals surface area contributed by atoms with Crippen LogP contribution in [0.2, 0.25) is 0 Å². The van der Waals surface area contributed by atoms with Gasteiger partial charge in [0.1, 0.15) is 16.7 Å². The molecule has 7 heteroatoms. The third kappa shape index (κ3) is 2.87. The summed E-state index contributed by atoms with van der Waals surface area (Å²) in [5.74, 6) is 0.384. The van der Waals surface area contributed by atoms with Crippen LogP contribution in [0.15, 0.2) is 23.1 Å². The first kappa shape index (κ1) is 16.7. The fraction of sp³-hybridized carbons (Fsp3) is 0.625. The van der Waals surface area contributed by atoms with Crippen LogP contribution in [0.5, 0.6) is 5.75 Å².